The molecule has 1 aliphatic heterocycles. The molecule has 0 unspecified atom stereocenters. The monoisotopic (exact) mass is 294 g/mol. The minimum Gasteiger partial charge on any atom is -0.497 e. The van der Waals surface area contributed by atoms with E-state index in [1.807, 2.05) is 54.6 Å². The van der Waals surface area contributed by atoms with Crippen LogP contribution in [0.15, 0.2) is 59.7 Å². The van der Waals surface area contributed by atoms with Crippen molar-refractivity contribution in [2.45, 2.75) is 19.4 Å². The summed E-state index contributed by atoms with van der Waals surface area (Å²) in [6.45, 7) is 0.507. The SMILES string of the molecule is COc1cccc(C2=NN(Cc3ccccc3)C(=O)CC2)c1. The first kappa shape index (κ1) is 14.3. The van der Waals surface area contributed by atoms with Gasteiger partial charge < -0.3 is 4.74 Å². The summed E-state index contributed by atoms with van der Waals surface area (Å²) in [5, 5.41) is 6.11. The first-order valence-corrected chi connectivity index (χ1v) is 7.32. The van der Waals surface area contributed by atoms with E-state index in [0.717, 1.165) is 22.6 Å². The average molecular weight is 294 g/mol. The summed E-state index contributed by atoms with van der Waals surface area (Å²) in [4.78, 5) is 12.1. The number of ether oxygens (including phenoxy) is 1. The Bertz CT molecular complexity index is 695. The van der Waals surface area contributed by atoms with Gasteiger partial charge in [-0.1, -0.05) is 42.5 Å². The summed E-state index contributed by atoms with van der Waals surface area (Å²) in [6.07, 6.45) is 1.15. The molecule has 0 radical (unpaired) electrons. The Labute approximate surface area is 130 Å². The summed E-state index contributed by atoms with van der Waals surface area (Å²) in [5.74, 6) is 0.863. The lowest BCUT2D eigenvalue weighted by molar-refractivity contribution is -0.132. The fourth-order valence-electron chi connectivity index (χ4n) is 2.49. The minimum atomic E-state index is 0.0653. The molecule has 112 valence electrons. The van der Waals surface area contributed by atoms with E-state index in [0.29, 0.717) is 19.4 Å². The fraction of sp³-hybridized carbons (Fsp3) is 0.222. The smallest absolute Gasteiger partial charge is 0.243 e. The molecular weight excluding hydrogens is 276 g/mol. The molecule has 1 heterocycles. The van der Waals surface area contributed by atoms with Gasteiger partial charge in [-0.05, 0) is 17.7 Å². The second-order valence-electron chi connectivity index (χ2n) is 5.22. The van der Waals surface area contributed by atoms with Gasteiger partial charge in [-0.25, -0.2) is 5.01 Å². The molecule has 3 rings (SSSR count). The van der Waals surface area contributed by atoms with E-state index in [9.17, 15) is 4.79 Å². The number of hydrazone groups is 1. The Kier molecular flexibility index (Phi) is 4.19. The van der Waals surface area contributed by atoms with E-state index in [1.54, 1.807) is 12.1 Å². The third kappa shape index (κ3) is 3.17. The summed E-state index contributed by atoms with van der Waals surface area (Å²) in [7, 11) is 1.65. The Morgan fingerprint density at radius 3 is 2.68 bits per heavy atom. The molecular formula is C18H18N2O2. The molecule has 0 aliphatic carbocycles. The second-order valence-corrected chi connectivity index (χ2v) is 5.22. The van der Waals surface area contributed by atoms with Gasteiger partial charge in [0, 0.05) is 18.4 Å². The number of carbonyl (C=O) groups excluding carboxylic acids is 1. The highest BCUT2D eigenvalue weighted by Gasteiger charge is 2.21. The van der Waals surface area contributed by atoms with Crippen molar-refractivity contribution in [3.63, 3.8) is 0 Å². The summed E-state index contributed by atoms with van der Waals surface area (Å²) >= 11 is 0. The van der Waals surface area contributed by atoms with Crippen LogP contribution < -0.4 is 4.74 Å². The fourth-order valence-corrected chi connectivity index (χ4v) is 2.49. The van der Waals surface area contributed by atoms with Crippen molar-refractivity contribution in [1.82, 2.24) is 5.01 Å². The van der Waals surface area contributed by atoms with Crippen LogP contribution in [0, 0.1) is 0 Å². The van der Waals surface area contributed by atoms with Gasteiger partial charge in [-0.3, -0.25) is 4.79 Å². The molecule has 4 nitrogen and oxygen atoms in total. The van der Waals surface area contributed by atoms with Gasteiger partial charge in [-0.15, -0.1) is 0 Å². The standard InChI is InChI=1S/C18H18N2O2/c1-22-16-9-5-8-15(12-16)17-10-11-18(21)20(19-17)13-14-6-3-2-4-7-14/h2-9,12H,10-11,13H2,1H3. The Balaban J connectivity index is 1.85. The van der Waals surface area contributed by atoms with Crippen LogP contribution in [0.2, 0.25) is 0 Å². The normalized spacial score (nSPS) is 14.7. The topological polar surface area (TPSA) is 41.9 Å². The van der Waals surface area contributed by atoms with Crippen molar-refractivity contribution < 1.29 is 9.53 Å². The molecule has 0 saturated carbocycles. The number of nitrogens with zero attached hydrogens (tertiary/aromatic N) is 2. The van der Waals surface area contributed by atoms with Crippen LogP contribution in [-0.2, 0) is 11.3 Å². The Hall–Kier alpha value is -2.62. The van der Waals surface area contributed by atoms with E-state index in [1.165, 1.54) is 0 Å². The minimum absolute atomic E-state index is 0.0653. The molecule has 0 spiro atoms. The summed E-state index contributed by atoms with van der Waals surface area (Å²) in [5.41, 5.74) is 3.01. The molecule has 4 heteroatoms. The second kappa shape index (κ2) is 6.43. The Morgan fingerprint density at radius 1 is 1.09 bits per heavy atom. The van der Waals surface area contributed by atoms with E-state index >= 15 is 0 Å². The zero-order chi connectivity index (χ0) is 15.4. The maximum Gasteiger partial charge on any atom is 0.243 e. The molecule has 22 heavy (non-hydrogen) atoms. The van der Waals surface area contributed by atoms with E-state index in [2.05, 4.69) is 5.10 Å². The number of hydrogen-bond acceptors (Lipinski definition) is 3. The third-order valence-corrected chi connectivity index (χ3v) is 3.68. The summed E-state index contributed by atoms with van der Waals surface area (Å²) < 4.78 is 5.25. The molecule has 0 bridgehead atoms. The molecule has 2 aromatic carbocycles. The predicted molar refractivity (Wildman–Crippen MR) is 85.8 cm³/mol. The molecule has 0 atom stereocenters. The van der Waals surface area contributed by atoms with Crippen molar-refractivity contribution >= 4 is 11.6 Å². The Morgan fingerprint density at radius 2 is 1.91 bits per heavy atom. The van der Waals surface area contributed by atoms with Crippen molar-refractivity contribution in [3.8, 4) is 5.75 Å². The molecule has 0 saturated heterocycles. The molecule has 0 aromatic heterocycles. The highest BCUT2D eigenvalue weighted by Crippen LogP contribution is 2.20. The van der Waals surface area contributed by atoms with Gasteiger partial charge >= 0.3 is 0 Å². The highest BCUT2D eigenvalue weighted by molar-refractivity contribution is 6.04. The van der Waals surface area contributed by atoms with Gasteiger partial charge in [-0.2, -0.15) is 5.10 Å². The highest BCUT2D eigenvalue weighted by atomic mass is 16.5. The molecule has 1 amide bonds. The van der Waals surface area contributed by atoms with Crippen LogP contribution in [0.4, 0.5) is 0 Å². The van der Waals surface area contributed by atoms with Gasteiger partial charge in [0.2, 0.25) is 5.91 Å². The number of benzene rings is 2. The van der Waals surface area contributed by atoms with Crippen LogP contribution in [0.1, 0.15) is 24.0 Å². The lowest BCUT2D eigenvalue weighted by atomic mass is 10.0. The van der Waals surface area contributed by atoms with Crippen LogP contribution >= 0.6 is 0 Å². The van der Waals surface area contributed by atoms with Crippen molar-refractivity contribution in [1.29, 1.82) is 0 Å². The van der Waals surface area contributed by atoms with Crippen molar-refractivity contribution in [2.75, 3.05) is 7.11 Å². The van der Waals surface area contributed by atoms with E-state index in [-0.39, 0.29) is 5.91 Å². The maximum absolute atomic E-state index is 12.1. The van der Waals surface area contributed by atoms with Crippen LogP contribution in [0.5, 0.6) is 5.75 Å². The van der Waals surface area contributed by atoms with Gasteiger partial charge in [0.25, 0.3) is 0 Å². The summed E-state index contributed by atoms with van der Waals surface area (Å²) in [6, 6.07) is 17.7. The molecule has 0 N–H and O–H groups in total. The van der Waals surface area contributed by atoms with Crippen LogP contribution in [0.3, 0.4) is 0 Å². The molecule has 1 aliphatic rings. The van der Waals surface area contributed by atoms with Crippen LogP contribution in [-0.4, -0.2) is 23.7 Å². The molecule has 0 fully saturated rings. The largest absolute Gasteiger partial charge is 0.497 e. The predicted octanol–water partition coefficient (Wildman–Crippen LogP) is 3.22. The van der Waals surface area contributed by atoms with Crippen molar-refractivity contribution in [2.24, 2.45) is 5.10 Å². The number of hydrogen-bond donors (Lipinski definition) is 0. The molecule has 2 aromatic rings. The zero-order valence-corrected chi connectivity index (χ0v) is 12.5. The van der Waals surface area contributed by atoms with Crippen LogP contribution in [0.25, 0.3) is 0 Å². The lowest BCUT2D eigenvalue weighted by Crippen LogP contribution is -2.31. The number of carbonyl (C=O) groups is 1. The number of amides is 1. The third-order valence-electron chi connectivity index (χ3n) is 3.68. The number of methoxy groups -OCH3 is 1. The van der Waals surface area contributed by atoms with Gasteiger partial charge in [0.1, 0.15) is 5.75 Å². The van der Waals surface area contributed by atoms with Gasteiger partial charge in [0.05, 0.1) is 19.4 Å². The van der Waals surface area contributed by atoms with E-state index < -0.39 is 0 Å². The van der Waals surface area contributed by atoms with E-state index in [4.69, 9.17) is 4.74 Å². The number of rotatable bonds is 4. The zero-order valence-electron chi connectivity index (χ0n) is 12.5. The van der Waals surface area contributed by atoms with Crippen molar-refractivity contribution in [3.05, 3.63) is 65.7 Å². The van der Waals surface area contributed by atoms with Gasteiger partial charge in [0.15, 0.2) is 0 Å². The maximum atomic E-state index is 12.1. The quantitative estimate of drug-likeness (QED) is 0.869. The average Bonchev–Trinajstić information content (AvgIpc) is 2.58. The first-order chi connectivity index (χ1) is 10.8. The first-order valence-electron chi connectivity index (χ1n) is 7.32. The lowest BCUT2D eigenvalue weighted by Gasteiger charge is -2.24.